The van der Waals surface area contributed by atoms with Crippen LogP contribution in [0.15, 0.2) is 24.5 Å². The van der Waals surface area contributed by atoms with Crippen LogP contribution in [0.1, 0.15) is 24.2 Å². The Kier molecular flexibility index (Phi) is 4.51. The van der Waals surface area contributed by atoms with E-state index in [1.54, 1.807) is 32.2 Å². The van der Waals surface area contributed by atoms with Crippen molar-refractivity contribution in [1.29, 1.82) is 0 Å². The van der Waals surface area contributed by atoms with Gasteiger partial charge in [-0.1, -0.05) is 13.8 Å². The van der Waals surface area contributed by atoms with Crippen LogP contribution in [-0.2, 0) is 9.59 Å². The first-order valence-electron chi connectivity index (χ1n) is 5.27. The first-order valence-corrected chi connectivity index (χ1v) is 5.27. The van der Waals surface area contributed by atoms with Crippen molar-refractivity contribution in [2.24, 2.45) is 5.92 Å². The maximum atomic E-state index is 11.6. The largest absolute Gasteiger partial charge is 0.342 e. The van der Waals surface area contributed by atoms with Crippen LogP contribution in [0, 0.1) is 5.92 Å². The molecular formula is C12H14N2O3. The van der Waals surface area contributed by atoms with Gasteiger partial charge in [-0.05, 0) is 12.1 Å². The van der Waals surface area contributed by atoms with E-state index in [9.17, 15) is 14.4 Å². The van der Waals surface area contributed by atoms with Crippen LogP contribution in [-0.4, -0.2) is 29.0 Å². The van der Waals surface area contributed by atoms with Crippen LogP contribution in [0.25, 0.3) is 0 Å². The zero-order chi connectivity index (χ0) is 12.8. The summed E-state index contributed by atoms with van der Waals surface area (Å²) in [5, 5.41) is 2.30. The van der Waals surface area contributed by atoms with Gasteiger partial charge in [-0.25, -0.2) is 0 Å². The van der Waals surface area contributed by atoms with Gasteiger partial charge in [0, 0.05) is 23.9 Å². The Morgan fingerprint density at radius 2 is 2.06 bits per heavy atom. The molecule has 0 spiro atoms. The van der Waals surface area contributed by atoms with Gasteiger partial charge in [0.25, 0.3) is 5.91 Å². The van der Waals surface area contributed by atoms with Crippen molar-refractivity contribution in [3.63, 3.8) is 0 Å². The van der Waals surface area contributed by atoms with E-state index < -0.39 is 11.7 Å². The molecular weight excluding hydrogens is 220 g/mol. The third-order valence-electron chi connectivity index (χ3n) is 2.14. The molecule has 1 aromatic rings. The summed E-state index contributed by atoms with van der Waals surface area (Å²) in [4.78, 5) is 37.9. The molecule has 1 amide bonds. The van der Waals surface area contributed by atoms with E-state index in [0.717, 1.165) is 0 Å². The van der Waals surface area contributed by atoms with Gasteiger partial charge in [0.2, 0.25) is 5.78 Å². The standard InChI is InChI=1S/C12H14N2O3/c1-8(2)11(16)12(17)14-7-10(15)9-4-3-5-13-6-9/h3-6,8H,7H2,1-2H3,(H,14,17). The third kappa shape index (κ3) is 3.79. The summed E-state index contributed by atoms with van der Waals surface area (Å²) < 4.78 is 0. The lowest BCUT2D eigenvalue weighted by Crippen LogP contribution is -2.37. The van der Waals surface area contributed by atoms with Crippen molar-refractivity contribution in [3.05, 3.63) is 30.1 Å². The van der Waals surface area contributed by atoms with Crippen LogP contribution in [0.4, 0.5) is 0 Å². The lowest BCUT2D eigenvalue weighted by Gasteiger charge is -2.05. The van der Waals surface area contributed by atoms with Crippen molar-refractivity contribution in [2.45, 2.75) is 13.8 Å². The summed E-state index contributed by atoms with van der Waals surface area (Å²) in [6, 6.07) is 3.24. The maximum absolute atomic E-state index is 11.6. The van der Waals surface area contributed by atoms with Gasteiger partial charge in [-0.2, -0.15) is 0 Å². The Labute approximate surface area is 99.2 Å². The van der Waals surface area contributed by atoms with Crippen LogP contribution in [0.2, 0.25) is 0 Å². The number of rotatable bonds is 5. The number of hydrogen-bond donors (Lipinski definition) is 1. The van der Waals surface area contributed by atoms with E-state index in [1.165, 1.54) is 6.20 Å². The minimum Gasteiger partial charge on any atom is -0.342 e. The average Bonchev–Trinajstić information content (AvgIpc) is 2.35. The molecule has 0 aliphatic carbocycles. The molecule has 0 fully saturated rings. The Morgan fingerprint density at radius 1 is 1.35 bits per heavy atom. The smallest absolute Gasteiger partial charge is 0.288 e. The Bertz CT molecular complexity index is 427. The van der Waals surface area contributed by atoms with Gasteiger partial charge in [-0.15, -0.1) is 0 Å². The number of ketones is 2. The summed E-state index contributed by atoms with van der Waals surface area (Å²) in [7, 11) is 0. The van der Waals surface area contributed by atoms with Gasteiger partial charge in [0.05, 0.1) is 6.54 Å². The molecule has 17 heavy (non-hydrogen) atoms. The van der Waals surface area contributed by atoms with Crippen molar-refractivity contribution in [3.8, 4) is 0 Å². The fraction of sp³-hybridized carbons (Fsp3) is 0.333. The number of aromatic nitrogens is 1. The second kappa shape index (κ2) is 5.89. The fourth-order valence-corrected chi connectivity index (χ4v) is 1.14. The van der Waals surface area contributed by atoms with Crippen molar-refractivity contribution < 1.29 is 14.4 Å². The van der Waals surface area contributed by atoms with Gasteiger partial charge >= 0.3 is 0 Å². The first-order chi connectivity index (χ1) is 8.02. The summed E-state index contributed by atoms with van der Waals surface area (Å²) in [5.74, 6) is -1.90. The van der Waals surface area contributed by atoms with Gasteiger partial charge < -0.3 is 5.32 Å². The zero-order valence-corrected chi connectivity index (χ0v) is 9.77. The SMILES string of the molecule is CC(C)C(=O)C(=O)NCC(=O)c1cccnc1. The van der Waals surface area contributed by atoms with Crippen LogP contribution in [0.3, 0.4) is 0 Å². The molecule has 1 rings (SSSR count). The molecule has 1 heterocycles. The van der Waals surface area contributed by atoms with Crippen LogP contribution in [0.5, 0.6) is 0 Å². The van der Waals surface area contributed by atoms with Crippen LogP contribution < -0.4 is 5.32 Å². The van der Waals surface area contributed by atoms with E-state index in [-0.39, 0.29) is 18.2 Å². The molecule has 0 saturated heterocycles. The molecule has 1 aromatic heterocycles. The number of carbonyl (C=O) groups is 3. The molecule has 5 heteroatoms. The summed E-state index contributed by atoms with van der Waals surface area (Å²) in [6.45, 7) is 3.07. The van der Waals surface area contributed by atoms with Crippen molar-refractivity contribution in [1.82, 2.24) is 10.3 Å². The third-order valence-corrected chi connectivity index (χ3v) is 2.14. The molecule has 0 aromatic carbocycles. The lowest BCUT2D eigenvalue weighted by molar-refractivity contribution is -0.139. The highest BCUT2D eigenvalue weighted by atomic mass is 16.2. The number of amides is 1. The molecule has 0 bridgehead atoms. The summed E-state index contributed by atoms with van der Waals surface area (Å²) >= 11 is 0. The lowest BCUT2D eigenvalue weighted by atomic mass is 10.1. The minimum absolute atomic E-state index is 0.191. The Morgan fingerprint density at radius 3 is 2.59 bits per heavy atom. The van der Waals surface area contributed by atoms with E-state index in [2.05, 4.69) is 10.3 Å². The number of carbonyl (C=O) groups excluding carboxylic acids is 3. The number of Topliss-reactive ketones (excluding diaryl/α,β-unsaturated/α-hetero) is 2. The van der Waals surface area contributed by atoms with E-state index in [1.807, 2.05) is 0 Å². The predicted octanol–water partition coefficient (Wildman–Crippen LogP) is 0.606. The number of pyridine rings is 1. The molecule has 5 nitrogen and oxygen atoms in total. The van der Waals surface area contributed by atoms with E-state index in [0.29, 0.717) is 5.56 Å². The normalized spacial score (nSPS) is 10.1. The van der Waals surface area contributed by atoms with Gasteiger partial charge in [0.1, 0.15) is 0 Å². The van der Waals surface area contributed by atoms with E-state index in [4.69, 9.17) is 0 Å². The minimum atomic E-state index is -0.725. The second-order valence-corrected chi connectivity index (χ2v) is 3.87. The van der Waals surface area contributed by atoms with Gasteiger partial charge in [-0.3, -0.25) is 19.4 Å². The number of hydrogen-bond acceptors (Lipinski definition) is 4. The van der Waals surface area contributed by atoms with E-state index >= 15 is 0 Å². The Balaban J connectivity index is 2.50. The summed E-state index contributed by atoms with van der Waals surface area (Å²) in [6.07, 6.45) is 2.97. The molecule has 1 N–H and O–H groups in total. The highest BCUT2D eigenvalue weighted by Gasteiger charge is 2.18. The second-order valence-electron chi connectivity index (χ2n) is 3.87. The molecule has 0 atom stereocenters. The quantitative estimate of drug-likeness (QED) is 0.598. The maximum Gasteiger partial charge on any atom is 0.288 e. The molecule has 90 valence electrons. The zero-order valence-electron chi connectivity index (χ0n) is 9.77. The highest BCUT2D eigenvalue weighted by molar-refractivity contribution is 6.37. The van der Waals surface area contributed by atoms with Crippen molar-refractivity contribution in [2.75, 3.05) is 6.54 Å². The Hall–Kier alpha value is -2.04. The molecule has 0 radical (unpaired) electrons. The first kappa shape index (κ1) is 13.0. The fourth-order valence-electron chi connectivity index (χ4n) is 1.14. The van der Waals surface area contributed by atoms with Crippen molar-refractivity contribution >= 4 is 17.5 Å². The summed E-state index contributed by atoms with van der Waals surface area (Å²) in [5.41, 5.74) is 0.407. The molecule has 0 unspecified atom stereocenters. The topological polar surface area (TPSA) is 76.1 Å². The van der Waals surface area contributed by atoms with Crippen LogP contribution >= 0.6 is 0 Å². The van der Waals surface area contributed by atoms with Gasteiger partial charge in [0.15, 0.2) is 5.78 Å². The number of nitrogens with one attached hydrogen (secondary N) is 1. The molecule has 0 aliphatic heterocycles. The highest BCUT2D eigenvalue weighted by Crippen LogP contribution is 1.97. The number of nitrogens with zero attached hydrogens (tertiary/aromatic N) is 1. The predicted molar refractivity (Wildman–Crippen MR) is 61.4 cm³/mol. The monoisotopic (exact) mass is 234 g/mol. The molecule has 0 aliphatic rings. The average molecular weight is 234 g/mol. The molecule has 0 saturated carbocycles.